The molecular formula is C21H19N3O2. The zero-order valence-corrected chi connectivity index (χ0v) is 14.6. The maximum atomic E-state index is 12.9. The van der Waals surface area contributed by atoms with E-state index in [2.05, 4.69) is 16.8 Å². The van der Waals surface area contributed by atoms with Crippen LogP contribution in [0, 0.1) is 17.3 Å². The van der Waals surface area contributed by atoms with E-state index in [1.54, 1.807) is 16.8 Å². The predicted molar refractivity (Wildman–Crippen MR) is 99.7 cm³/mol. The summed E-state index contributed by atoms with van der Waals surface area (Å²) >= 11 is 0. The predicted octanol–water partition coefficient (Wildman–Crippen LogP) is 2.14. The Kier molecular flexibility index (Phi) is 4.06. The molecule has 5 heteroatoms. The molecule has 26 heavy (non-hydrogen) atoms. The summed E-state index contributed by atoms with van der Waals surface area (Å²) in [6.07, 6.45) is 3.21. The zero-order valence-electron chi connectivity index (χ0n) is 14.6. The van der Waals surface area contributed by atoms with Crippen molar-refractivity contribution in [1.29, 1.82) is 0 Å². The molecule has 2 aromatic heterocycles. The van der Waals surface area contributed by atoms with Crippen LogP contribution >= 0.6 is 0 Å². The first-order chi connectivity index (χ1) is 12.6. The van der Waals surface area contributed by atoms with Gasteiger partial charge in [-0.15, -0.1) is 0 Å². The molecule has 0 radical (unpaired) electrons. The largest absolute Gasteiger partial charge is 0.396 e. The molecule has 0 fully saturated rings. The quantitative estimate of drug-likeness (QED) is 0.686. The number of rotatable bonds is 1. The Bertz CT molecular complexity index is 1090. The van der Waals surface area contributed by atoms with Crippen LogP contribution in [-0.2, 0) is 13.0 Å². The first-order valence-corrected chi connectivity index (χ1v) is 8.65. The Balaban J connectivity index is 1.76. The highest BCUT2D eigenvalue weighted by Gasteiger charge is 2.31. The third-order valence-corrected chi connectivity index (χ3v) is 4.91. The molecule has 0 bridgehead atoms. The lowest BCUT2D eigenvalue weighted by molar-refractivity contribution is 0.0980. The Morgan fingerprint density at radius 1 is 1.27 bits per heavy atom. The third-order valence-electron chi connectivity index (χ3n) is 4.91. The Hall–Kier alpha value is -2.97. The Morgan fingerprint density at radius 3 is 2.92 bits per heavy atom. The van der Waals surface area contributed by atoms with E-state index < -0.39 is 0 Å². The molecule has 130 valence electrons. The van der Waals surface area contributed by atoms with Crippen molar-refractivity contribution in [2.45, 2.75) is 26.3 Å². The number of benzene rings is 1. The summed E-state index contributed by atoms with van der Waals surface area (Å²) < 4.78 is 1.71. The number of fused-ring (bicyclic) bond motifs is 2. The summed E-state index contributed by atoms with van der Waals surface area (Å²) in [6, 6.07) is 11.1. The van der Waals surface area contributed by atoms with E-state index >= 15 is 0 Å². The Labute approximate surface area is 151 Å². The second-order valence-corrected chi connectivity index (χ2v) is 7.09. The van der Waals surface area contributed by atoms with Gasteiger partial charge in [-0.2, -0.15) is 0 Å². The standard InChI is InChI=1S/C21H19N3O2/c1-21(14-25)10-9-19-23-18-12-15(5-7-16-4-2-3-11-22-16)6-8-17(18)20(26)24(19)13-21/h2-4,6,8,11-12,25H,9-10,13-14H2,1H3. The van der Waals surface area contributed by atoms with Crippen molar-refractivity contribution in [1.82, 2.24) is 14.5 Å². The molecular weight excluding hydrogens is 326 g/mol. The summed E-state index contributed by atoms with van der Waals surface area (Å²) in [4.78, 5) is 21.7. The average molecular weight is 345 g/mol. The molecule has 3 heterocycles. The fourth-order valence-electron chi connectivity index (χ4n) is 3.27. The van der Waals surface area contributed by atoms with Crippen molar-refractivity contribution < 1.29 is 5.11 Å². The SMILES string of the molecule is CC1(CO)CCc2nc3cc(C#Cc4ccccn4)ccc3c(=O)n2C1. The van der Waals surface area contributed by atoms with E-state index in [4.69, 9.17) is 4.98 Å². The van der Waals surface area contributed by atoms with Gasteiger partial charge in [0.15, 0.2) is 0 Å². The van der Waals surface area contributed by atoms with Crippen LogP contribution in [0.4, 0.5) is 0 Å². The number of aromatic nitrogens is 3. The Morgan fingerprint density at radius 2 is 2.15 bits per heavy atom. The molecule has 0 saturated heterocycles. The molecule has 1 atom stereocenters. The summed E-state index contributed by atoms with van der Waals surface area (Å²) in [5.74, 6) is 6.88. The number of aryl methyl sites for hydroxylation is 1. The van der Waals surface area contributed by atoms with Crippen LogP contribution in [-0.4, -0.2) is 26.2 Å². The second-order valence-electron chi connectivity index (χ2n) is 7.09. The number of aliphatic hydroxyl groups is 1. The van der Waals surface area contributed by atoms with Gasteiger partial charge in [0.2, 0.25) is 0 Å². The van der Waals surface area contributed by atoms with Gasteiger partial charge >= 0.3 is 0 Å². The fourth-order valence-corrected chi connectivity index (χ4v) is 3.27. The van der Waals surface area contributed by atoms with Crippen molar-refractivity contribution in [3.05, 3.63) is 70.0 Å². The van der Waals surface area contributed by atoms with Crippen LogP contribution in [0.3, 0.4) is 0 Å². The van der Waals surface area contributed by atoms with Gasteiger partial charge in [-0.3, -0.25) is 9.36 Å². The van der Waals surface area contributed by atoms with E-state index in [0.717, 1.165) is 17.8 Å². The van der Waals surface area contributed by atoms with Crippen LogP contribution in [0.25, 0.3) is 10.9 Å². The van der Waals surface area contributed by atoms with Gasteiger partial charge in [-0.1, -0.05) is 18.9 Å². The molecule has 1 N–H and O–H groups in total. The lowest BCUT2D eigenvalue weighted by atomic mass is 9.83. The third kappa shape index (κ3) is 3.00. The van der Waals surface area contributed by atoms with Gasteiger partial charge in [0.25, 0.3) is 5.56 Å². The summed E-state index contributed by atoms with van der Waals surface area (Å²) in [7, 11) is 0. The minimum absolute atomic E-state index is 0.0476. The maximum Gasteiger partial charge on any atom is 0.261 e. The van der Waals surface area contributed by atoms with Gasteiger partial charge in [0.1, 0.15) is 11.5 Å². The highest BCUT2D eigenvalue weighted by molar-refractivity contribution is 5.79. The van der Waals surface area contributed by atoms with Crippen LogP contribution < -0.4 is 5.56 Å². The number of hydrogen-bond donors (Lipinski definition) is 1. The molecule has 1 aromatic carbocycles. The minimum atomic E-state index is -0.264. The van der Waals surface area contributed by atoms with E-state index in [1.807, 2.05) is 37.3 Å². The van der Waals surface area contributed by atoms with E-state index in [-0.39, 0.29) is 17.6 Å². The maximum absolute atomic E-state index is 12.9. The molecule has 3 aromatic rings. The van der Waals surface area contributed by atoms with Gasteiger partial charge in [-0.25, -0.2) is 9.97 Å². The number of nitrogens with zero attached hydrogens (tertiary/aromatic N) is 3. The van der Waals surface area contributed by atoms with Gasteiger partial charge in [-0.05, 0) is 42.7 Å². The molecule has 0 spiro atoms. The number of pyridine rings is 1. The van der Waals surface area contributed by atoms with Crippen LogP contribution in [0.1, 0.15) is 30.4 Å². The molecule has 0 amide bonds. The molecule has 1 aliphatic heterocycles. The molecule has 4 rings (SSSR count). The van der Waals surface area contributed by atoms with Gasteiger partial charge < -0.3 is 5.11 Å². The van der Waals surface area contributed by atoms with Crippen LogP contribution in [0.2, 0.25) is 0 Å². The lowest BCUT2D eigenvalue weighted by Crippen LogP contribution is -2.40. The number of hydrogen-bond acceptors (Lipinski definition) is 4. The number of aliphatic hydroxyl groups excluding tert-OH is 1. The zero-order chi connectivity index (χ0) is 18.1. The highest BCUT2D eigenvalue weighted by atomic mass is 16.3. The normalized spacial score (nSPS) is 18.8. The summed E-state index contributed by atoms with van der Waals surface area (Å²) in [5.41, 5.74) is 1.86. The summed E-state index contributed by atoms with van der Waals surface area (Å²) in [5, 5.41) is 10.2. The van der Waals surface area contributed by atoms with Crippen LogP contribution in [0.15, 0.2) is 47.4 Å². The van der Waals surface area contributed by atoms with Crippen molar-refractivity contribution >= 4 is 10.9 Å². The monoisotopic (exact) mass is 345 g/mol. The molecule has 5 nitrogen and oxygen atoms in total. The molecule has 0 aliphatic carbocycles. The first-order valence-electron chi connectivity index (χ1n) is 8.65. The molecule has 1 aliphatic rings. The first kappa shape index (κ1) is 16.5. The van der Waals surface area contributed by atoms with E-state index in [9.17, 15) is 9.90 Å². The average Bonchev–Trinajstić information content (AvgIpc) is 2.68. The van der Waals surface area contributed by atoms with Crippen molar-refractivity contribution in [2.75, 3.05) is 6.61 Å². The van der Waals surface area contributed by atoms with E-state index in [0.29, 0.717) is 29.6 Å². The topological polar surface area (TPSA) is 68.0 Å². The smallest absolute Gasteiger partial charge is 0.261 e. The van der Waals surface area contributed by atoms with Crippen molar-refractivity contribution in [3.8, 4) is 11.8 Å². The molecule has 0 saturated carbocycles. The second kappa shape index (κ2) is 6.40. The van der Waals surface area contributed by atoms with Crippen molar-refractivity contribution in [3.63, 3.8) is 0 Å². The fraction of sp³-hybridized carbons (Fsp3) is 0.286. The van der Waals surface area contributed by atoms with E-state index in [1.165, 1.54) is 0 Å². The summed E-state index contributed by atoms with van der Waals surface area (Å²) in [6.45, 7) is 2.57. The van der Waals surface area contributed by atoms with Gasteiger partial charge in [0, 0.05) is 30.1 Å². The lowest BCUT2D eigenvalue weighted by Gasteiger charge is -2.33. The highest BCUT2D eigenvalue weighted by Crippen LogP contribution is 2.29. The minimum Gasteiger partial charge on any atom is -0.396 e. The van der Waals surface area contributed by atoms with Crippen molar-refractivity contribution in [2.24, 2.45) is 5.41 Å². The molecule has 1 unspecified atom stereocenters. The van der Waals surface area contributed by atoms with Gasteiger partial charge in [0.05, 0.1) is 17.5 Å². The van der Waals surface area contributed by atoms with Crippen LogP contribution in [0.5, 0.6) is 0 Å².